The fourth-order valence-corrected chi connectivity index (χ4v) is 2.95. The second-order valence-electron chi connectivity index (χ2n) is 5.05. The Morgan fingerprint density at radius 1 is 1.16 bits per heavy atom. The van der Waals surface area contributed by atoms with Gasteiger partial charge in [-0.15, -0.1) is 0 Å². The largest absolute Gasteiger partial charge is 0.469 e. The molecule has 1 aromatic carbocycles. The molecule has 0 radical (unpaired) electrons. The van der Waals surface area contributed by atoms with Crippen LogP contribution in [0.3, 0.4) is 0 Å². The Kier molecular flexibility index (Phi) is 3.52. The Hall–Kier alpha value is -1.41. The summed E-state index contributed by atoms with van der Waals surface area (Å²) in [5, 5.41) is 0.662. The molecule has 0 saturated carbocycles. The van der Waals surface area contributed by atoms with Crippen LogP contribution < -0.4 is 4.74 Å². The highest BCUT2D eigenvalue weighted by Crippen LogP contribution is 2.29. The number of nitrogens with zero attached hydrogens (tertiary/aromatic N) is 1. The molecule has 1 aliphatic rings. The molecule has 0 aliphatic heterocycles. The SMILES string of the molecule is C[C@H](Oc1ccccc1Cl)n1ccc2c1CCCC2. The molecular weight excluding hydrogens is 258 g/mol. The van der Waals surface area contributed by atoms with Gasteiger partial charge in [0.2, 0.25) is 0 Å². The Morgan fingerprint density at radius 3 is 2.79 bits per heavy atom. The van der Waals surface area contributed by atoms with Crippen LogP contribution in [0.1, 0.15) is 37.3 Å². The van der Waals surface area contributed by atoms with Gasteiger partial charge in [0.1, 0.15) is 5.75 Å². The van der Waals surface area contributed by atoms with E-state index in [9.17, 15) is 0 Å². The van der Waals surface area contributed by atoms with Crippen LogP contribution in [0.15, 0.2) is 36.5 Å². The van der Waals surface area contributed by atoms with Crippen molar-refractivity contribution in [3.8, 4) is 5.75 Å². The predicted molar refractivity (Wildman–Crippen MR) is 77.9 cm³/mol. The van der Waals surface area contributed by atoms with Gasteiger partial charge in [-0.3, -0.25) is 0 Å². The van der Waals surface area contributed by atoms with Crippen LogP contribution in [0.4, 0.5) is 0 Å². The highest BCUT2D eigenvalue weighted by Gasteiger charge is 2.17. The smallest absolute Gasteiger partial charge is 0.173 e. The number of para-hydroxylation sites is 1. The van der Waals surface area contributed by atoms with Gasteiger partial charge in [-0.05, 0) is 56.4 Å². The molecule has 3 rings (SSSR count). The van der Waals surface area contributed by atoms with E-state index >= 15 is 0 Å². The average Bonchev–Trinajstić information content (AvgIpc) is 2.85. The first-order valence-corrected chi connectivity index (χ1v) is 7.23. The lowest BCUT2D eigenvalue weighted by molar-refractivity contribution is 0.149. The second kappa shape index (κ2) is 5.30. The molecule has 0 saturated heterocycles. The number of ether oxygens (including phenoxy) is 1. The van der Waals surface area contributed by atoms with E-state index in [1.54, 1.807) is 0 Å². The molecule has 3 heteroatoms. The van der Waals surface area contributed by atoms with Gasteiger partial charge in [-0.1, -0.05) is 23.7 Å². The van der Waals surface area contributed by atoms with E-state index in [4.69, 9.17) is 16.3 Å². The third kappa shape index (κ3) is 2.50. The van der Waals surface area contributed by atoms with Crippen LogP contribution in [0, 0.1) is 0 Å². The van der Waals surface area contributed by atoms with Crippen LogP contribution in [0.25, 0.3) is 0 Å². The molecule has 1 atom stereocenters. The summed E-state index contributed by atoms with van der Waals surface area (Å²) in [5.74, 6) is 0.745. The maximum atomic E-state index is 6.14. The van der Waals surface area contributed by atoms with Gasteiger partial charge in [0.25, 0.3) is 0 Å². The summed E-state index contributed by atoms with van der Waals surface area (Å²) >= 11 is 6.14. The number of hydrogen-bond donors (Lipinski definition) is 0. The summed E-state index contributed by atoms with van der Waals surface area (Å²) in [6.45, 7) is 2.07. The zero-order valence-corrected chi connectivity index (χ0v) is 11.9. The van der Waals surface area contributed by atoms with Crippen molar-refractivity contribution in [3.05, 3.63) is 52.8 Å². The minimum Gasteiger partial charge on any atom is -0.469 e. The molecule has 1 heterocycles. The molecule has 100 valence electrons. The summed E-state index contributed by atoms with van der Waals surface area (Å²) < 4.78 is 8.22. The summed E-state index contributed by atoms with van der Waals surface area (Å²) in [5.41, 5.74) is 2.90. The number of fused-ring (bicyclic) bond motifs is 1. The van der Waals surface area contributed by atoms with Crippen molar-refractivity contribution in [1.82, 2.24) is 4.57 Å². The van der Waals surface area contributed by atoms with Crippen LogP contribution in [0.5, 0.6) is 5.75 Å². The normalized spacial score (nSPS) is 15.9. The van der Waals surface area contributed by atoms with E-state index < -0.39 is 0 Å². The zero-order valence-electron chi connectivity index (χ0n) is 11.1. The summed E-state index contributed by atoms with van der Waals surface area (Å²) in [7, 11) is 0. The maximum Gasteiger partial charge on any atom is 0.173 e. The number of hydrogen-bond acceptors (Lipinski definition) is 1. The van der Waals surface area contributed by atoms with Crippen molar-refractivity contribution in [2.45, 2.75) is 38.8 Å². The highest BCUT2D eigenvalue weighted by molar-refractivity contribution is 6.32. The van der Waals surface area contributed by atoms with Crippen molar-refractivity contribution in [1.29, 1.82) is 0 Å². The van der Waals surface area contributed by atoms with Crippen molar-refractivity contribution < 1.29 is 4.74 Å². The number of aryl methyl sites for hydroxylation is 1. The second-order valence-corrected chi connectivity index (χ2v) is 5.46. The first kappa shape index (κ1) is 12.6. The van der Waals surface area contributed by atoms with Crippen molar-refractivity contribution >= 4 is 11.6 Å². The molecule has 0 bridgehead atoms. The molecular formula is C16H18ClNO. The first-order chi connectivity index (χ1) is 9.25. The summed E-state index contributed by atoms with van der Waals surface area (Å²) in [6.07, 6.45) is 7.03. The van der Waals surface area contributed by atoms with E-state index in [0.29, 0.717) is 5.02 Å². The fourth-order valence-electron chi connectivity index (χ4n) is 2.77. The Bertz CT molecular complexity index is 576. The van der Waals surface area contributed by atoms with Gasteiger partial charge in [0.15, 0.2) is 6.23 Å². The molecule has 2 nitrogen and oxygen atoms in total. The number of benzene rings is 1. The molecule has 2 aromatic rings. The Labute approximate surface area is 119 Å². The van der Waals surface area contributed by atoms with Crippen LogP contribution in [-0.2, 0) is 12.8 Å². The Morgan fingerprint density at radius 2 is 1.95 bits per heavy atom. The zero-order chi connectivity index (χ0) is 13.2. The lowest BCUT2D eigenvalue weighted by Gasteiger charge is -2.22. The van der Waals surface area contributed by atoms with E-state index in [-0.39, 0.29) is 6.23 Å². The molecule has 0 spiro atoms. The van der Waals surface area contributed by atoms with Crippen LogP contribution >= 0.6 is 11.6 Å². The number of halogens is 1. The standard InChI is InChI=1S/C16H18ClNO/c1-12(19-16-9-5-3-7-14(16)17)18-11-10-13-6-2-4-8-15(13)18/h3,5,7,9-12H,2,4,6,8H2,1H3/t12-/m0/s1. The monoisotopic (exact) mass is 275 g/mol. The van der Waals surface area contributed by atoms with Crippen LogP contribution in [-0.4, -0.2) is 4.57 Å². The van der Waals surface area contributed by atoms with Crippen molar-refractivity contribution in [3.63, 3.8) is 0 Å². The Balaban J connectivity index is 1.83. The van der Waals surface area contributed by atoms with Gasteiger partial charge in [0.05, 0.1) is 5.02 Å². The molecule has 1 aliphatic carbocycles. The maximum absolute atomic E-state index is 6.14. The van der Waals surface area contributed by atoms with E-state index in [2.05, 4.69) is 23.8 Å². The van der Waals surface area contributed by atoms with E-state index in [1.807, 2.05) is 24.3 Å². The number of rotatable bonds is 3. The summed E-state index contributed by atoms with van der Waals surface area (Å²) in [4.78, 5) is 0. The van der Waals surface area contributed by atoms with Gasteiger partial charge in [-0.25, -0.2) is 0 Å². The van der Waals surface area contributed by atoms with E-state index in [1.165, 1.54) is 30.5 Å². The van der Waals surface area contributed by atoms with Crippen molar-refractivity contribution in [2.24, 2.45) is 0 Å². The molecule has 0 amide bonds. The van der Waals surface area contributed by atoms with Gasteiger partial charge >= 0.3 is 0 Å². The predicted octanol–water partition coefficient (Wildman–Crippen LogP) is 4.62. The lowest BCUT2D eigenvalue weighted by Crippen LogP contribution is -2.16. The average molecular weight is 276 g/mol. The van der Waals surface area contributed by atoms with Crippen molar-refractivity contribution in [2.75, 3.05) is 0 Å². The molecule has 0 fully saturated rings. The molecule has 0 N–H and O–H groups in total. The minimum atomic E-state index is -0.0262. The van der Waals surface area contributed by atoms with Gasteiger partial charge < -0.3 is 9.30 Å². The van der Waals surface area contributed by atoms with Crippen LogP contribution in [0.2, 0.25) is 5.02 Å². The third-order valence-electron chi connectivity index (χ3n) is 3.75. The third-order valence-corrected chi connectivity index (χ3v) is 4.07. The first-order valence-electron chi connectivity index (χ1n) is 6.85. The van der Waals surface area contributed by atoms with Gasteiger partial charge in [0, 0.05) is 11.9 Å². The fraction of sp³-hybridized carbons (Fsp3) is 0.375. The highest BCUT2D eigenvalue weighted by atomic mass is 35.5. The topological polar surface area (TPSA) is 14.2 Å². The van der Waals surface area contributed by atoms with E-state index in [0.717, 1.165) is 12.2 Å². The molecule has 1 aromatic heterocycles. The summed E-state index contributed by atoms with van der Waals surface area (Å²) in [6, 6.07) is 9.85. The lowest BCUT2D eigenvalue weighted by atomic mass is 9.98. The number of aromatic nitrogens is 1. The van der Waals surface area contributed by atoms with Gasteiger partial charge in [-0.2, -0.15) is 0 Å². The quantitative estimate of drug-likeness (QED) is 0.797. The molecule has 19 heavy (non-hydrogen) atoms. The minimum absolute atomic E-state index is 0.0262. The molecule has 0 unspecified atom stereocenters.